The summed E-state index contributed by atoms with van der Waals surface area (Å²) < 4.78 is 5.53. The predicted molar refractivity (Wildman–Crippen MR) is 67.8 cm³/mol. The molecule has 1 saturated heterocycles. The van der Waals surface area contributed by atoms with Crippen molar-refractivity contribution in [3.63, 3.8) is 0 Å². The summed E-state index contributed by atoms with van der Waals surface area (Å²) in [6, 6.07) is 9.67. The van der Waals surface area contributed by atoms with Crippen molar-refractivity contribution in [3.8, 4) is 0 Å². The van der Waals surface area contributed by atoms with Gasteiger partial charge in [0.05, 0.1) is 6.61 Å². The molecule has 17 heavy (non-hydrogen) atoms. The zero-order valence-corrected chi connectivity index (χ0v) is 10.1. The van der Waals surface area contributed by atoms with Crippen LogP contribution in [0.2, 0.25) is 0 Å². The van der Waals surface area contributed by atoms with Crippen LogP contribution in [0.15, 0.2) is 30.3 Å². The fourth-order valence-corrected chi connectivity index (χ4v) is 2.18. The number of nitrogens with one attached hydrogen (secondary N) is 1. The van der Waals surface area contributed by atoms with E-state index in [4.69, 9.17) is 4.74 Å². The molecule has 3 nitrogen and oxygen atoms in total. The maximum Gasteiger partial charge on any atom is 0.102 e. The molecule has 1 heterocycles. The van der Waals surface area contributed by atoms with Crippen LogP contribution >= 0.6 is 0 Å². The second kappa shape index (κ2) is 6.74. The molecule has 1 aliphatic rings. The number of aliphatic hydroxyl groups excluding tert-OH is 1. The average molecular weight is 235 g/mol. The molecule has 1 aliphatic heterocycles. The van der Waals surface area contributed by atoms with Crippen LogP contribution < -0.4 is 5.32 Å². The van der Waals surface area contributed by atoms with Crippen molar-refractivity contribution in [1.29, 1.82) is 0 Å². The summed E-state index contributed by atoms with van der Waals surface area (Å²) in [7, 11) is 0. The van der Waals surface area contributed by atoms with Crippen molar-refractivity contribution < 1.29 is 9.84 Å². The van der Waals surface area contributed by atoms with Gasteiger partial charge >= 0.3 is 0 Å². The molecule has 2 atom stereocenters. The molecule has 0 bridgehead atoms. The average Bonchev–Trinajstić information content (AvgIpc) is 2.88. The van der Waals surface area contributed by atoms with Crippen LogP contribution in [0.4, 0.5) is 0 Å². The molecule has 0 aliphatic carbocycles. The monoisotopic (exact) mass is 235 g/mol. The molecule has 1 fully saturated rings. The first kappa shape index (κ1) is 12.6. The van der Waals surface area contributed by atoms with E-state index in [1.165, 1.54) is 6.42 Å². The molecule has 1 aromatic carbocycles. The van der Waals surface area contributed by atoms with Gasteiger partial charge in [-0.1, -0.05) is 30.3 Å². The minimum absolute atomic E-state index is 0.393. The highest BCUT2D eigenvalue weighted by Crippen LogP contribution is 2.14. The van der Waals surface area contributed by atoms with Crippen LogP contribution in [0.1, 0.15) is 24.5 Å². The normalized spacial score (nSPS) is 21.6. The first-order valence-corrected chi connectivity index (χ1v) is 6.38. The van der Waals surface area contributed by atoms with Crippen LogP contribution in [0.25, 0.3) is 0 Å². The van der Waals surface area contributed by atoms with E-state index in [0.29, 0.717) is 6.61 Å². The fourth-order valence-electron chi connectivity index (χ4n) is 2.18. The van der Waals surface area contributed by atoms with Crippen LogP contribution in [-0.4, -0.2) is 31.4 Å². The Balaban J connectivity index is 1.61. The van der Waals surface area contributed by atoms with Gasteiger partial charge in [0.15, 0.2) is 0 Å². The lowest BCUT2D eigenvalue weighted by atomic mass is 10.1. The third-order valence-corrected chi connectivity index (χ3v) is 3.29. The predicted octanol–water partition coefficient (Wildman–Crippen LogP) is 1.74. The summed E-state index contributed by atoms with van der Waals surface area (Å²) in [5, 5.41) is 13.2. The lowest BCUT2D eigenvalue weighted by molar-refractivity contribution is 0.0313. The standard InChI is InChI=1S/C14H21NO2/c16-14(13-4-2-1-3-5-13)11-17-9-7-12-6-8-15-10-12/h1-5,12,14-16H,6-11H2. The van der Waals surface area contributed by atoms with Crippen molar-refractivity contribution in [2.24, 2.45) is 5.92 Å². The quantitative estimate of drug-likeness (QED) is 0.738. The Morgan fingerprint density at radius 3 is 2.88 bits per heavy atom. The molecule has 0 spiro atoms. The van der Waals surface area contributed by atoms with Gasteiger partial charge in [-0.25, -0.2) is 0 Å². The molecule has 1 aromatic rings. The molecule has 3 heteroatoms. The zero-order chi connectivity index (χ0) is 11.9. The van der Waals surface area contributed by atoms with Crippen LogP contribution in [-0.2, 0) is 4.74 Å². The number of aliphatic hydroxyl groups is 1. The highest BCUT2D eigenvalue weighted by atomic mass is 16.5. The Hall–Kier alpha value is -0.900. The summed E-state index contributed by atoms with van der Waals surface area (Å²) in [4.78, 5) is 0. The Morgan fingerprint density at radius 2 is 2.18 bits per heavy atom. The van der Waals surface area contributed by atoms with Crippen molar-refractivity contribution in [1.82, 2.24) is 5.32 Å². The fraction of sp³-hybridized carbons (Fsp3) is 0.571. The number of ether oxygens (including phenoxy) is 1. The molecular weight excluding hydrogens is 214 g/mol. The van der Waals surface area contributed by atoms with E-state index < -0.39 is 6.10 Å². The van der Waals surface area contributed by atoms with E-state index in [2.05, 4.69) is 5.32 Å². The first-order valence-electron chi connectivity index (χ1n) is 6.38. The lowest BCUT2D eigenvalue weighted by Gasteiger charge is -2.13. The molecule has 0 radical (unpaired) electrons. The maximum absolute atomic E-state index is 9.88. The van der Waals surface area contributed by atoms with E-state index >= 15 is 0 Å². The summed E-state index contributed by atoms with van der Waals surface area (Å²) in [6.45, 7) is 3.39. The third kappa shape index (κ3) is 4.11. The Bertz CT molecular complexity index is 309. The second-order valence-corrected chi connectivity index (χ2v) is 4.65. The molecule has 2 rings (SSSR count). The molecule has 0 saturated carbocycles. The van der Waals surface area contributed by atoms with Gasteiger partial charge in [-0.2, -0.15) is 0 Å². The first-order chi connectivity index (χ1) is 8.36. The minimum Gasteiger partial charge on any atom is -0.386 e. The number of hydrogen-bond acceptors (Lipinski definition) is 3. The summed E-state index contributed by atoms with van der Waals surface area (Å²) in [5.74, 6) is 0.754. The highest BCUT2D eigenvalue weighted by molar-refractivity contribution is 5.17. The van der Waals surface area contributed by atoms with E-state index in [0.717, 1.165) is 37.6 Å². The van der Waals surface area contributed by atoms with Crippen LogP contribution in [0, 0.1) is 5.92 Å². The van der Waals surface area contributed by atoms with Crippen molar-refractivity contribution in [2.75, 3.05) is 26.3 Å². The Morgan fingerprint density at radius 1 is 1.35 bits per heavy atom. The minimum atomic E-state index is -0.502. The Labute approximate surface area is 103 Å². The molecular formula is C14H21NO2. The van der Waals surface area contributed by atoms with Crippen LogP contribution in [0.3, 0.4) is 0 Å². The van der Waals surface area contributed by atoms with Crippen LogP contribution in [0.5, 0.6) is 0 Å². The van der Waals surface area contributed by atoms with Gasteiger partial charge in [-0.15, -0.1) is 0 Å². The number of benzene rings is 1. The number of rotatable bonds is 6. The molecule has 94 valence electrons. The van der Waals surface area contributed by atoms with Gasteiger partial charge in [0.2, 0.25) is 0 Å². The Kier molecular flexibility index (Phi) is 4.98. The van der Waals surface area contributed by atoms with Crippen molar-refractivity contribution in [2.45, 2.75) is 18.9 Å². The van der Waals surface area contributed by atoms with E-state index in [-0.39, 0.29) is 0 Å². The van der Waals surface area contributed by atoms with E-state index in [9.17, 15) is 5.11 Å². The second-order valence-electron chi connectivity index (χ2n) is 4.65. The van der Waals surface area contributed by atoms with Gasteiger partial charge < -0.3 is 15.2 Å². The number of hydrogen-bond donors (Lipinski definition) is 2. The largest absolute Gasteiger partial charge is 0.386 e. The summed E-state index contributed by atoms with van der Waals surface area (Å²) in [6.07, 6.45) is 1.84. The van der Waals surface area contributed by atoms with E-state index in [1.54, 1.807) is 0 Å². The van der Waals surface area contributed by atoms with Crippen molar-refractivity contribution >= 4 is 0 Å². The summed E-state index contributed by atoms with van der Waals surface area (Å²) in [5.41, 5.74) is 0.926. The van der Waals surface area contributed by atoms with E-state index in [1.807, 2.05) is 30.3 Å². The molecule has 2 N–H and O–H groups in total. The van der Waals surface area contributed by atoms with Gasteiger partial charge in [-0.3, -0.25) is 0 Å². The SMILES string of the molecule is OC(COCCC1CCNC1)c1ccccc1. The topological polar surface area (TPSA) is 41.5 Å². The molecule has 2 unspecified atom stereocenters. The molecule has 0 amide bonds. The van der Waals surface area contributed by atoms with Gasteiger partial charge in [0, 0.05) is 6.61 Å². The summed E-state index contributed by atoms with van der Waals surface area (Å²) >= 11 is 0. The maximum atomic E-state index is 9.88. The zero-order valence-electron chi connectivity index (χ0n) is 10.1. The highest BCUT2D eigenvalue weighted by Gasteiger charge is 2.14. The smallest absolute Gasteiger partial charge is 0.102 e. The lowest BCUT2D eigenvalue weighted by Crippen LogP contribution is -2.13. The van der Waals surface area contributed by atoms with Crippen molar-refractivity contribution in [3.05, 3.63) is 35.9 Å². The molecule has 0 aromatic heterocycles. The van der Waals surface area contributed by atoms with Gasteiger partial charge in [0.25, 0.3) is 0 Å². The third-order valence-electron chi connectivity index (χ3n) is 3.29. The van der Waals surface area contributed by atoms with Gasteiger partial charge in [0.1, 0.15) is 6.10 Å². The van der Waals surface area contributed by atoms with Gasteiger partial charge in [-0.05, 0) is 37.4 Å².